The topological polar surface area (TPSA) is 51.4 Å². The van der Waals surface area contributed by atoms with Crippen LogP contribution >= 0.6 is 0 Å². The molecule has 29 heavy (non-hydrogen) atoms. The van der Waals surface area contributed by atoms with Crippen molar-refractivity contribution in [1.29, 1.82) is 0 Å². The van der Waals surface area contributed by atoms with Crippen LogP contribution in [-0.2, 0) is 24.4 Å². The quantitative estimate of drug-likeness (QED) is 0.775. The molecule has 0 bridgehead atoms. The molecule has 0 N–H and O–H groups in total. The Bertz CT molecular complexity index is 867. The first-order valence-corrected chi connectivity index (χ1v) is 11.1. The Hall–Kier alpha value is -1.70. The number of hydrogen-bond acceptors (Lipinski definition) is 5. The molecule has 0 spiro atoms. The fourth-order valence-corrected chi connectivity index (χ4v) is 4.95. The van der Waals surface area contributed by atoms with Gasteiger partial charge in [-0.25, -0.2) is 0 Å². The summed E-state index contributed by atoms with van der Waals surface area (Å²) in [6, 6.07) is 5.65. The van der Waals surface area contributed by atoms with Gasteiger partial charge < -0.3 is 4.74 Å². The summed E-state index contributed by atoms with van der Waals surface area (Å²) in [5.74, 6) is 0.894. The van der Waals surface area contributed by atoms with Gasteiger partial charge in [0.2, 0.25) is 0 Å². The lowest BCUT2D eigenvalue weighted by Crippen LogP contribution is -2.51. The van der Waals surface area contributed by atoms with Crippen LogP contribution in [0.25, 0.3) is 0 Å². The van der Waals surface area contributed by atoms with Gasteiger partial charge in [-0.05, 0) is 31.5 Å². The zero-order valence-electron chi connectivity index (χ0n) is 18.2. The average Bonchev–Trinajstić information content (AvgIpc) is 3.23. The van der Waals surface area contributed by atoms with Crippen LogP contribution in [0.5, 0.6) is 0 Å². The van der Waals surface area contributed by atoms with Crippen LogP contribution in [0.3, 0.4) is 0 Å². The van der Waals surface area contributed by atoms with Gasteiger partial charge in [0.05, 0.1) is 54.6 Å². The van der Waals surface area contributed by atoms with Crippen LogP contribution in [0, 0.1) is 0 Å². The number of rotatable bonds is 5. The summed E-state index contributed by atoms with van der Waals surface area (Å²) >= 11 is 0. The molecule has 5 heterocycles. The van der Waals surface area contributed by atoms with Gasteiger partial charge in [0.15, 0.2) is 0 Å². The van der Waals surface area contributed by atoms with E-state index in [2.05, 4.69) is 59.1 Å². The molecule has 1 fully saturated rings. The lowest BCUT2D eigenvalue weighted by atomic mass is 9.96. The molecule has 2 aromatic heterocycles. The highest BCUT2D eigenvalue weighted by molar-refractivity contribution is 5.18. The number of aromatic nitrogens is 4. The lowest BCUT2D eigenvalue weighted by molar-refractivity contribution is -0.0735. The maximum absolute atomic E-state index is 5.38. The first kappa shape index (κ1) is 19.3. The van der Waals surface area contributed by atoms with Gasteiger partial charge in [-0.15, -0.1) is 0 Å². The summed E-state index contributed by atoms with van der Waals surface area (Å²) in [6.07, 6.45) is 1.08. The zero-order valence-corrected chi connectivity index (χ0v) is 18.2. The summed E-state index contributed by atoms with van der Waals surface area (Å²) in [6.45, 7) is 13.7. The van der Waals surface area contributed by atoms with E-state index in [9.17, 15) is 0 Å². The van der Waals surface area contributed by atoms with Crippen molar-refractivity contribution in [2.75, 3.05) is 33.4 Å². The zero-order chi connectivity index (χ0) is 20.1. The van der Waals surface area contributed by atoms with Gasteiger partial charge in [0, 0.05) is 32.1 Å². The summed E-state index contributed by atoms with van der Waals surface area (Å²) in [5.41, 5.74) is 5.15. The first-order valence-electron chi connectivity index (χ1n) is 11.1. The molecule has 3 aliphatic rings. The number of hydrogen-bond donors (Lipinski definition) is 0. The Labute approximate surface area is 173 Å². The Morgan fingerprint density at radius 2 is 1.83 bits per heavy atom. The maximum atomic E-state index is 5.38. The number of ether oxygens (including phenoxy) is 1. The summed E-state index contributed by atoms with van der Waals surface area (Å²) in [5, 5.41) is 9.95. The predicted octanol–water partition coefficient (Wildman–Crippen LogP) is 2.60. The molecule has 3 aliphatic heterocycles. The van der Waals surface area contributed by atoms with Gasteiger partial charge in [-0.3, -0.25) is 19.2 Å². The molecule has 0 aromatic carbocycles. The first-order chi connectivity index (χ1) is 14.0. The molecule has 2 atom stereocenters. The summed E-state index contributed by atoms with van der Waals surface area (Å²) < 4.78 is 9.91. The van der Waals surface area contributed by atoms with Gasteiger partial charge in [0.1, 0.15) is 0 Å². The average molecular weight is 399 g/mol. The van der Waals surface area contributed by atoms with Crippen molar-refractivity contribution in [2.24, 2.45) is 0 Å². The molecular formula is C22H34N6O. The maximum Gasteiger partial charge on any atom is 0.0656 e. The van der Waals surface area contributed by atoms with Crippen molar-refractivity contribution in [3.63, 3.8) is 0 Å². The number of nitrogens with zero attached hydrogens (tertiary/aromatic N) is 6. The largest absolute Gasteiger partial charge is 0.378 e. The summed E-state index contributed by atoms with van der Waals surface area (Å²) in [7, 11) is 2.22. The van der Waals surface area contributed by atoms with Crippen molar-refractivity contribution >= 4 is 0 Å². The van der Waals surface area contributed by atoms with Crippen molar-refractivity contribution < 1.29 is 4.74 Å². The third-order valence-electron chi connectivity index (χ3n) is 6.84. The van der Waals surface area contributed by atoms with Crippen molar-refractivity contribution in [1.82, 2.24) is 29.4 Å². The van der Waals surface area contributed by atoms with Gasteiger partial charge in [0.25, 0.3) is 0 Å². The summed E-state index contributed by atoms with van der Waals surface area (Å²) in [4.78, 5) is 4.98. The second-order valence-corrected chi connectivity index (χ2v) is 9.59. The van der Waals surface area contributed by atoms with Crippen LogP contribution in [0.1, 0.15) is 67.8 Å². The van der Waals surface area contributed by atoms with Crippen LogP contribution in [-0.4, -0.2) is 68.8 Å². The molecule has 2 aromatic rings. The van der Waals surface area contributed by atoms with E-state index in [-0.39, 0.29) is 0 Å². The fraction of sp³-hybridized carbons (Fsp3) is 0.727. The smallest absolute Gasteiger partial charge is 0.0656 e. The highest BCUT2D eigenvalue weighted by Gasteiger charge is 2.31. The second kappa shape index (κ2) is 7.52. The minimum absolute atomic E-state index is 0.411. The van der Waals surface area contributed by atoms with Gasteiger partial charge >= 0.3 is 0 Å². The van der Waals surface area contributed by atoms with Crippen LogP contribution in [0.2, 0.25) is 0 Å². The fourth-order valence-electron chi connectivity index (χ4n) is 4.95. The van der Waals surface area contributed by atoms with E-state index in [0.717, 1.165) is 52.4 Å². The van der Waals surface area contributed by atoms with Crippen LogP contribution < -0.4 is 0 Å². The standard InChI is InChI=1S/C22H34N6O/c1-15(2)21-9-19-11-25(4)10-18(28(19)24-21)7-16(3)22-8-17-12-26(20-13-29-14-20)5-6-27(17)23-22/h8-9,15-16,18,20H,5-7,10-14H2,1-4H3. The predicted molar refractivity (Wildman–Crippen MR) is 112 cm³/mol. The van der Waals surface area contributed by atoms with Crippen molar-refractivity contribution in [3.05, 3.63) is 34.9 Å². The minimum Gasteiger partial charge on any atom is -0.378 e. The Kier molecular flexibility index (Phi) is 5.00. The van der Waals surface area contributed by atoms with E-state index >= 15 is 0 Å². The molecule has 0 aliphatic carbocycles. The molecule has 2 unspecified atom stereocenters. The molecule has 5 rings (SSSR count). The van der Waals surface area contributed by atoms with Crippen LogP contribution in [0.4, 0.5) is 0 Å². The number of fused-ring (bicyclic) bond motifs is 2. The van der Waals surface area contributed by atoms with Crippen LogP contribution in [0.15, 0.2) is 12.1 Å². The minimum atomic E-state index is 0.411. The van der Waals surface area contributed by atoms with Gasteiger partial charge in [-0.2, -0.15) is 10.2 Å². The monoisotopic (exact) mass is 398 g/mol. The molecular weight excluding hydrogens is 364 g/mol. The molecule has 158 valence electrons. The SMILES string of the molecule is CC(C)c1cc2n(n1)C(CC(C)c1cc3n(n1)CCN(C1COC1)C3)CN(C)C2. The van der Waals surface area contributed by atoms with Crippen molar-refractivity contribution in [3.8, 4) is 0 Å². The third-order valence-corrected chi connectivity index (χ3v) is 6.84. The lowest BCUT2D eigenvalue weighted by Gasteiger charge is -2.39. The van der Waals surface area contributed by atoms with E-state index in [1.165, 1.54) is 22.8 Å². The Morgan fingerprint density at radius 1 is 1.03 bits per heavy atom. The molecule has 7 nitrogen and oxygen atoms in total. The molecule has 7 heteroatoms. The molecule has 0 radical (unpaired) electrons. The normalized spacial score (nSPS) is 24.4. The molecule has 0 saturated carbocycles. The molecule has 0 amide bonds. The van der Waals surface area contributed by atoms with E-state index in [4.69, 9.17) is 14.9 Å². The van der Waals surface area contributed by atoms with E-state index < -0.39 is 0 Å². The van der Waals surface area contributed by atoms with E-state index in [0.29, 0.717) is 23.9 Å². The second-order valence-electron chi connectivity index (χ2n) is 9.59. The molecule has 1 saturated heterocycles. The number of likely N-dealkylation sites (N-methyl/N-ethyl adjacent to an activating group) is 1. The highest BCUT2D eigenvalue weighted by Crippen LogP contribution is 2.32. The van der Waals surface area contributed by atoms with E-state index in [1.54, 1.807) is 0 Å². The Balaban J connectivity index is 1.31. The van der Waals surface area contributed by atoms with E-state index in [1.807, 2.05) is 0 Å². The van der Waals surface area contributed by atoms with Crippen molar-refractivity contribution in [2.45, 2.75) is 70.7 Å². The highest BCUT2D eigenvalue weighted by atomic mass is 16.5. The Morgan fingerprint density at radius 3 is 2.55 bits per heavy atom. The van der Waals surface area contributed by atoms with Gasteiger partial charge in [-0.1, -0.05) is 20.8 Å². The third kappa shape index (κ3) is 3.64.